The van der Waals surface area contributed by atoms with Gasteiger partial charge in [-0.2, -0.15) is 0 Å². The molecule has 3 aromatic rings. The van der Waals surface area contributed by atoms with Gasteiger partial charge in [0.2, 0.25) is 5.91 Å². The van der Waals surface area contributed by atoms with E-state index in [1.165, 1.54) is 0 Å². The summed E-state index contributed by atoms with van der Waals surface area (Å²) in [4.78, 5) is 38.5. The lowest BCUT2D eigenvalue weighted by molar-refractivity contribution is -0.170. The Balaban J connectivity index is 1.48. The number of carboxylic acids is 1. The van der Waals surface area contributed by atoms with Gasteiger partial charge >= 0.3 is 11.9 Å². The Morgan fingerprint density at radius 2 is 1.43 bits per heavy atom. The molecule has 0 spiro atoms. The molecule has 3 aliphatic carbocycles. The Bertz CT molecular complexity index is 1390. The number of benzene rings is 3. The molecule has 3 aliphatic rings. The number of hydrogen-bond acceptors (Lipinski definition) is 6. The van der Waals surface area contributed by atoms with Crippen molar-refractivity contribution >= 4 is 23.5 Å². The van der Waals surface area contributed by atoms with Crippen molar-refractivity contribution in [3.8, 4) is 0 Å². The molecule has 0 fully saturated rings. The number of para-hydroxylation sites is 1. The number of ether oxygens (including phenoxy) is 3. The molecule has 3 aromatic carbocycles. The predicted octanol–water partition coefficient (Wildman–Crippen LogP) is 4.50. The third-order valence-electron chi connectivity index (χ3n) is 7.52. The van der Waals surface area contributed by atoms with E-state index in [0.717, 1.165) is 22.3 Å². The molecule has 206 valence electrons. The number of nitrogens with one attached hydrogen (secondary N) is 1. The SMILES string of the molecule is C=C(C)C(=O)OCCOCCOC12c3ccccc3C(c3ccccc31)C(C(=O)Nc1ccccc1)C2C(=O)O. The van der Waals surface area contributed by atoms with Crippen molar-refractivity contribution in [2.75, 3.05) is 31.7 Å². The minimum Gasteiger partial charge on any atom is -0.481 e. The summed E-state index contributed by atoms with van der Waals surface area (Å²) in [6.07, 6.45) is 0. The Hall–Kier alpha value is -4.27. The molecule has 2 N–H and O–H groups in total. The number of hydrogen-bond donors (Lipinski definition) is 2. The highest BCUT2D eigenvalue weighted by molar-refractivity contribution is 5.98. The van der Waals surface area contributed by atoms with Crippen LogP contribution in [-0.4, -0.2) is 49.4 Å². The van der Waals surface area contributed by atoms with Gasteiger partial charge in [0, 0.05) is 17.2 Å². The van der Waals surface area contributed by atoms with E-state index in [1.807, 2.05) is 66.7 Å². The van der Waals surface area contributed by atoms with Gasteiger partial charge in [0.15, 0.2) is 0 Å². The average molecular weight is 542 g/mol. The molecule has 1 amide bonds. The second-order valence-corrected chi connectivity index (χ2v) is 9.96. The van der Waals surface area contributed by atoms with Crippen LogP contribution in [0.5, 0.6) is 0 Å². The highest BCUT2D eigenvalue weighted by Crippen LogP contribution is 2.62. The van der Waals surface area contributed by atoms with Crippen LogP contribution in [0.3, 0.4) is 0 Å². The molecule has 2 atom stereocenters. The number of esters is 1. The summed E-state index contributed by atoms with van der Waals surface area (Å²) < 4.78 is 17.2. The number of rotatable bonds is 11. The number of carbonyl (C=O) groups is 3. The Labute approximate surface area is 232 Å². The number of fused-ring (bicyclic) bond motifs is 1. The lowest BCUT2D eigenvalue weighted by Crippen LogP contribution is -2.59. The maximum atomic E-state index is 13.9. The van der Waals surface area contributed by atoms with Gasteiger partial charge in [-0.25, -0.2) is 4.79 Å². The summed E-state index contributed by atoms with van der Waals surface area (Å²) in [5, 5.41) is 13.6. The highest BCUT2D eigenvalue weighted by atomic mass is 16.6. The molecule has 0 saturated heterocycles. The predicted molar refractivity (Wildman–Crippen MR) is 148 cm³/mol. The lowest BCUT2D eigenvalue weighted by atomic mass is 9.51. The molecule has 8 heteroatoms. The van der Waals surface area contributed by atoms with E-state index in [2.05, 4.69) is 11.9 Å². The minimum atomic E-state index is -1.41. The molecule has 0 aliphatic heterocycles. The molecule has 2 unspecified atom stereocenters. The van der Waals surface area contributed by atoms with Crippen LogP contribution in [-0.2, 0) is 34.2 Å². The molecule has 6 rings (SSSR count). The normalized spacial score (nSPS) is 22.1. The van der Waals surface area contributed by atoms with Gasteiger partial charge in [-0.15, -0.1) is 0 Å². The first-order valence-electron chi connectivity index (χ1n) is 13.2. The largest absolute Gasteiger partial charge is 0.481 e. The summed E-state index contributed by atoms with van der Waals surface area (Å²) in [7, 11) is 0. The van der Waals surface area contributed by atoms with Crippen LogP contribution in [0.1, 0.15) is 35.1 Å². The van der Waals surface area contributed by atoms with Crippen LogP contribution in [0.4, 0.5) is 5.69 Å². The van der Waals surface area contributed by atoms with Crippen LogP contribution in [0.2, 0.25) is 0 Å². The Morgan fingerprint density at radius 3 is 2.02 bits per heavy atom. The molecule has 0 heterocycles. The van der Waals surface area contributed by atoms with Gasteiger partial charge in [-0.1, -0.05) is 73.3 Å². The topological polar surface area (TPSA) is 111 Å². The average Bonchev–Trinajstić information content (AvgIpc) is 2.96. The van der Waals surface area contributed by atoms with Gasteiger partial charge in [0.05, 0.1) is 25.7 Å². The summed E-state index contributed by atoms with van der Waals surface area (Å²) in [6.45, 7) is 5.50. The quantitative estimate of drug-likeness (QED) is 0.209. The zero-order chi connectivity index (χ0) is 28.3. The van der Waals surface area contributed by atoms with Crippen molar-refractivity contribution in [2.45, 2.75) is 18.4 Å². The fourth-order valence-corrected chi connectivity index (χ4v) is 6.00. The summed E-state index contributed by atoms with van der Waals surface area (Å²) in [5.41, 5.74) is 2.71. The van der Waals surface area contributed by atoms with Crippen molar-refractivity contribution in [3.05, 3.63) is 113 Å². The smallest absolute Gasteiger partial charge is 0.333 e. The fraction of sp³-hybridized carbons (Fsp3) is 0.281. The van der Waals surface area contributed by atoms with Crippen LogP contribution in [0.15, 0.2) is 91.0 Å². The number of amides is 1. The molecule has 8 nitrogen and oxygen atoms in total. The summed E-state index contributed by atoms with van der Waals surface area (Å²) >= 11 is 0. The maximum absolute atomic E-state index is 13.9. The van der Waals surface area contributed by atoms with Crippen LogP contribution in [0.25, 0.3) is 0 Å². The van der Waals surface area contributed by atoms with Crippen LogP contribution >= 0.6 is 0 Å². The second kappa shape index (κ2) is 11.5. The van der Waals surface area contributed by atoms with Gasteiger partial charge in [0.25, 0.3) is 0 Å². The number of aliphatic carboxylic acids is 1. The van der Waals surface area contributed by atoms with Crippen molar-refractivity contribution in [2.24, 2.45) is 11.8 Å². The van der Waals surface area contributed by atoms with Gasteiger partial charge in [-0.3, -0.25) is 9.59 Å². The van der Waals surface area contributed by atoms with Crippen molar-refractivity contribution in [1.82, 2.24) is 0 Å². The molecular formula is C32H31NO7. The van der Waals surface area contributed by atoms with E-state index in [4.69, 9.17) is 14.2 Å². The molecular weight excluding hydrogens is 510 g/mol. The molecule has 0 radical (unpaired) electrons. The first-order valence-corrected chi connectivity index (χ1v) is 13.2. The van der Waals surface area contributed by atoms with Crippen molar-refractivity contribution < 1.29 is 33.7 Å². The summed E-state index contributed by atoms with van der Waals surface area (Å²) in [5.74, 6) is -4.56. The zero-order valence-corrected chi connectivity index (χ0v) is 22.2. The van der Waals surface area contributed by atoms with E-state index >= 15 is 0 Å². The third-order valence-corrected chi connectivity index (χ3v) is 7.52. The lowest BCUT2D eigenvalue weighted by Gasteiger charge is -2.55. The van der Waals surface area contributed by atoms with E-state index in [-0.39, 0.29) is 32.3 Å². The molecule has 40 heavy (non-hydrogen) atoms. The third kappa shape index (κ3) is 4.80. The molecule has 0 aromatic heterocycles. The van der Waals surface area contributed by atoms with Gasteiger partial charge in [0.1, 0.15) is 18.1 Å². The molecule has 0 saturated carbocycles. The standard InChI is InChI=1S/C32H31NO7/c1-20(2)31(37)39-18-16-38-17-19-40-32-24-14-8-6-12-22(24)26(23-13-7-9-15-25(23)32)27(28(32)30(35)36)29(34)33-21-10-4-3-5-11-21/h3-15,26-28H,1,16-19H2,2H3,(H,33,34)(H,35,36). The second-order valence-electron chi connectivity index (χ2n) is 9.96. The van der Waals surface area contributed by atoms with Crippen LogP contribution in [0, 0.1) is 11.8 Å². The van der Waals surface area contributed by atoms with E-state index < -0.39 is 35.3 Å². The van der Waals surface area contributed by atoms with Crippen molar-refractivity contribution in [1.29, 1.82) is 0 Å². The van der Waals surface area contributed by atoms with Crippen molar-refractivity contribution in [3.63, 3.8) is 0 Å². The first-order chi connectivity index (χ1) is 19.4. The Kier molecular flexibility index (Phi) is 7.82. The minimum absolute atomic E-state index is 0.0541. The first kappa shape index (κ1) is 27.3. The summed E-state index contributed by atoms with van der Waals surface area (Å²) in [6, 6.07) is 24.2. The molecule has 2 bridgehead atoms. The number of carbonyl (C=O) groups excluding carboxylic acids is 2. The number of carboxylic acid groups (broad SMARTS) is 1. The Morgan fingerprint density at radius 1 is 0.850 bits per heavy atom. The van der Waals surface area contributed by atoms with E-state index in [9.17, 15) is 19.5 Å². The number of anilines is 1. The zero-order valence-electron chi connectivity index (χ0n) is 22.2. The monoisotopic (exact) mass is 541 g/mol. The van der Waals surface area contributed by atoms with Crippen LogP contribution < -0.4 is 5.32 Å². The fourth-order valence-electron chi connectivity index (χ4n) is 6.00. The van der Waals surface area contributed by atoms with Gasteiger partial charge < -0.3 is 24.6 Å². The highest BCUT2D eigenvalue weighted by Gasteiger charge is 2.64. The van der Waals surface area contributed by atoms with E-state index in [0.29, 0.717) is 11.3 Å². The van der Waals surface area contributed by atoms with E-state index in [1.54, 1.807) is 19.1 Å². The maximum Gasteiger partial charge on any atom is 0.333 e. The van der Waals surface area contributed by atoms with Gasteiger partial charge in [-0.05, 0) is 41.3 Å².